The molecule has 0 aliphatic rings. The molecule has 3 amide bonds. The van der Waals surface area contributed by atoms with Crippen molar-refractivity contribution in [2.75, 3.05) is 0 Å². The first kappa shape index (κ1) is 28.9. The van der Waals surface area contributed by atoms with Crippen LogP contribution in [0.4, 0.5) is 0 Å². The quantitative estimate of drug-likeness (QED) is 0.245. The Kier molecular flexibility index (Phi) is 11.5. The number of nitrogens with one attached hydrogen (secondary N) is 3. The molecule has 0 aliphatic carbocycles. The molecule has 0 fully saturated rings. The third-order valence-corrected chi connectivity index (χ3v) is 5.14. The van der Waals surface area contributed by atoms with E-state index in [1.807, 2.05) is 27.7 Å². The van der Waals surface area contributed by atoms with Gasteiger partial charge in [0.1, 0.15) is 23.9 Å². The predicted molar refractivity (Wildman–Crippen MR) is 128 cm³/mol. The van der Waals surface area contributed by atoms with Crippen molar-refractivity contribution in [1.82, 2.24) is 16.0 Å². The minimum Gasteiger partial charge on any atom is -0.508 e. The van der Waals surface area contributed by atoms with E-state index in [-0.39, 0.29) is 30.4 Å². The summed E-state index contributed by atoms with van der Waals surface area (Å²) in [7, 11) is 0. The van der Waals surface area contributed by atoms with E-state index in [9.17, 15) is 29.4 Å². The van der Waals surface area contributed by atoms with Gasteiger partial charge < -0.3 is 31.9 Å². The van der Waals surface area contributed by atoms with Gasteiger partial charge in [-0.2, -0.15) is 0 Å². The monoisotopic (exact) mass is 478 g/mol. The summed E-state index contributed by atoms with van der Waals surface area (Å²) >= 11 is 0. The Morgan fingerprint density at radius 3 is 1.79 bits per heavy atom. The number of carboxylic acids is 1. The highest BCUT2D eigenvalue weighted by molar-refractivity contribution is 5.93. The van der Waals surface area contributed by atoms with Gasteiger partial charge in [-0.25, -0.2) is 4.79 Å². The van der Waals surface area contributed by atoms with Crippen molar-refractivity contribution in [3.8, 4) is 5.75 Å². The van der Waals surface area contributed by atoms with Gasteiger partial charge in [0.05, 0.1) is 6.04 Å². The molecule has 0 bridgehead atoms. The number of carbonyl (C=O) groups is 4. The number of carboxylic acid groups (broad SMARTS) is 1. The molecule has 10 nitrogen and oxygen atoms in total. The molecule has 0 aromatic heterocycles. The van der Waals surface area contributed by atoms with Crippen molar-refractivity contribution in [3.05, 3.63) is 29.8 Å². The zero-order valence-electron chi connectivity index (χ0n) is 20.5. The number of nitrogens with two attached hydrogens (primary N) is 1. The Hall–Kier alpha value is -3.14. The zero-order valence-corrected chi connectivity index (χ0v) is 20.5. The van der Waals surface area contributed by atoms with Gasteiger partial charge in [-0.15, -0.1) is 0 Å². The van der Waals surface area contributed by atoms with Crippen LogP contribution in [0.2, 0.25) is 0 Å². The number of phenolic OH excluding ortho intramolecular Hbond substituents is 1. The van der Waals surface area contributed by atoms with E-state index in [2.05, 4.69) is 16.0 Å². The third kappa shape index (κ3) is 10.2. The van der Waals surface area contributed by atoms with E-state index in [1.54, 1.807) is 12.1 Å². The molecule has 0 heterocycles. The highest BCUT2D eigenvalue weighted by Gasteiger charge is 2.29. The van der Waals surface area contributed by atoms with Gasteiger partial charge >= 0.3 is 5.97 Å². The Morgan fingerprint density at radius 2 is 1.29 bits per heavy atom. The van der Waals surface area contributed by atoms with E-state index >= 15 is 0 Å². The van der Waals surface area contributed by atoms with Crippen molar-refractivity contribution >= 4 is 23.7 Å². The van der Waals surface area contributed by atoms with Crippen LogP contribution in [-0.2, 0) is 25.6 Å². The predicted octanol–water partition coefficient (Wildman–Crippen LogP) is 0.913. The first-order valence-electron chi connectivity index (χ1n) is 11.5. The van der Waals surface area contributed by atoms with Crippen molar-refractivity contribution in [2.45, 2.75) is 78.0 Å². The van der Waals surface area contributed by atoms with Crippen LogP contribution in [0.1, 0.15) is 53.0 Å². The lowest BCUT2D eigenvalue weighted by atomic mass is 10.0. The van der Waals surface area contributed by atoms with Crippen LogP contribution >= 0.6 is 0 Å². The average molecular weight is 479 g/mol. The first-order valence-corrected chi connectivity index (χ1v) is 11.5. The summed E-state index contributed by atoms with van der Waals surface area (Å²) < 4.78 is 0. The van der Waals surface area contributed by atoms with Crippen LogP contribution in [0.15, 0.2) is 24.3 Å². The smallest absolute Gasteiger partial charge is 0.326 e. The molecule has 4 atom stereocenters. The Labute approximate surface area is 200 Å². The van der Waals surface area contributed by atoms with Gasteiger partial charge in [0.15, 0.2) is 0 Å². The number of aliphatic carboxylic acids is 1. The van der Waals surface area contributed by atoms with Gasteiger partial charge in [0, 0.05) is 0 Å². The van der Waals surface area contributed by atoms with Crippen LogP contribution in [0, 0.1) is 11.8 Å². The summed E-state index contributed by atoms with van der Waals surface area (Å²) in [5.41, 5.74) is 6.77. The SMILES string of the molecule is CC(C)C[C@H](NC(=O)[C@H](C)NC(=O)[C@H](CC(C)C)NC(=O)[C@@H](N)Cc1ccc(O)cc1)C(=O)O. The highest BCUT2D eigenvalue weighted by Crippen LogP contribution is 2.12. The molecule has 0 radical (unpaired) electrons. The number of hydrogen-bond acceptors (Lipinski definition) is 6. The number of amides is 3. The van der Waals surface area contributed by atoms with Crippen LogP contribution < -0.4 is 21.7 Å². The number of benzene rings is 1. The molecule has 7 N–H and O–H groups in total. The second kappa shape index (κ2) is 13.5. The van der Waals surface area contributed by atoms with Gasteiger partial charge in [-0.1, -0.05) is 39.8 Å². The molecule has 0 unspecified atom stereocenters. The van der Waals surface area contributed by atoms with Crippen LogP contribution in [0.3, 0.4) is 0 Å². The summed E-state index contributed by atoms with van der Waals surface area (Å²) in [4.78, 5) is 49.4. The topological polar surface area (TPSA) is 171 Å². The van der Waals surface area contributed by atoms with E-state index in [4.69, 9.17) is 5.73 Å². The van der Waals surface area contributed by atoms with Gasteiger partial charge in [-0.05, 0) is 55.7 Å². The van der Waals surface area contributed by atoms with Crippen molar-refractivity contribution in [2.24, 2.45) is 17.6 Å². The van der Waals surface area contributed by atoms with Crippen molar-refractivity contribution < 1.29 is 29.4 Å². The van der Waals surface area contributed by atoms with Crippen LogP contribution in [0.25, 0.3) is 0 Å². The molecular formula is C24H38N4O6. The number of phenols is 1. The Morgan fingerprint density at radius 1 is 0.794 bits per heavy atom. The fourth-order valence-corrected chi connectivity index (χ4v) is 3.33. The zero-order chi connectivity index (χ0) is 26.0. The van der Waals surface area contributed by atoms with Crippen LogP contribution in [-0.4, -0.2) is 58.1 Å². The van der Waals surface area contributed by atoms with E-state index in [0.717, 1.165) is 5.56 Å². The molecular weight excluding hydrogens is 440 g/mol. The molecule has 1 aromatic carbocycles. The summed E-state index contributed by atoms with van der Waals surface area (Å²) in [5.74, 6) is -2.62. The summed E-state index contributed by atoms with van der Waals surface area (Å²) in [6, 6.07) is 2.42. The Balaban J connectivity index is 2.77. The molecule has 34 heavy (non-hydrogen) atoms. The largest absolute Gasteiger partial charge is 0.508 e. The number of aromatic hydroxyl groups is 1. The maximum absolute atomic E-state index is 12.9. The summed E-state index contributed by atoms with van der Waals surface area (Å²) in [6.07, 6.45) is 0.795. The van der Waals surface area contributed by atoms with E-state index in [1.165, 1.54) is 19.1 Å². The third-order valence-electron chi connectivity index (χ3n) is 5.14. The lowest BCUT2D eigenvalue weighted by Crippen LogP contribution is -2.56. The van der Waals surface area contributed by atoms with Crippen LogP contribution in [0.5, 0.6) is 5.75 Å². The van der Waals surface area contributed by atoms with Crippen molar-refractivity contribution in [3.63, 3.8) is 0 Å². The lowest BCUT2D eigenvalue weighted by Gasteiger charge is -2.25. The maximum Gasteiger partial charge on any atom is 0.326 e. The first-order chi connectivity index (χ1) is 15.8. The summed E-state index contributed by atoms with van der Waals surface area (Å²) in [5, 5.41) is 26.4. The Bertz CT molecular complexity index is 840. The molecule has 0 saturated heterocycles. The number of rotatable bonds is 13. The molecule has 0 aliphatic heterocycles. The van der Waals surface area contributed by atoms with Crippen molar-refractivity contribution in [1.29, 1.82) is 0 Å². The second-order valence-corrected chi connectivity index (χ2v) is 9.43. The van der Waals surface area contributed by atoms with Gasteiger partial charge in [-0.3, -0.25) is 14.4 Å². The fraction of sp³-hybridized carbons (Fsp3) is 0.583. The molecule has 1 aromatic rings. The van der Waals surface area contributed by atoms with E-state index < -0.39 is 47.9 Å². The molecule has 0 saturated carbocycles. The fourth-order valence-electron chi connectivity index (χ4n) is 3.33. The summed E-state index contributed by atoms with van der Waals surface area (Å²) in [6.45, 7) is 8.93. The second-order valence-electron chi connectivity index (χ2n) is 9.43. The standard InChI is InChI=1S/C24H38N4O6/c1-13(2)10-19(27-22(31)18(25)12-16-6-8-17(29)9-7-16)23(32)26-15(5)21(30)28-20(24(33)34)11-14(3)4/h6-9,13-15,18-20,29H,10-12,25H2,1-5H3,(H,26,32)(H,27,31)(H,28,30)(H,33,34)/t15-,18-,19-,20-/m0/s1. The molecule has 0 spiro atoms. The minimum atomic E-state index is -1.15. The number of hydrogen-bond donors (Lipinski definition) is 6. The number of carbonyl (C=O) groups excluding carboxylic acids is 3. The van der Waals surface area contributed by atoms with Gasteiger partial charge in [0.25, 0.3) is 0 Å². The molecule has 190 valence electrons. The van der Waals surface area contributed by atoms with E-state index in [0.29, 0.717) is 6.42 Å². The highest BCUT2D eigenvalue weighted by atomic mass is 16.4. The molecule has 1 rings (SSSR count). The lowest BCUT2D eigenvalue weighted by molar-refractivity contribution is -0.142. The molecule has 10 heteroatoms. The average Bonchev–Trinajstić information content (AvgIpc) is 2.73. The normalized spacial score (nSPS) is 14.7. The van der Waals surface area contributed by atoms with Gasteiger partial charge in [0.2, 0.25) is 17.7 Å². The maximum atomic E-state index is 12.9. The minimum absolute atomic E-state index is 0.0581.